The van der Waals surface area contributed by atoms with Gasteiger partial charge in [-0.25, -0.2) is 4.98 Å². The van der Waals surface area contributed by atoms with E-state index in [4.69, 9.17) is 0 Å². The molecule has 1 aliphatic heterocycles. The quantitative estimate of drug-likeness (QED) is 0.929. The predicted octanol–water partition coefficient (Wildman–Crippen LogP) is 1.56. The minimum Gasteiger partial charge on any atom is -0.337 e. The lowest BCUT2D eigenvalue weighted by molar-refractivity contribution is -0.127. The zero-order valence-corrected chi connectivity index (χ0v) is 14.1. The lowest BCUT2D eigenvalue weighted by Gasteiger charge is -2.26. The van der Waals surface area contributed by atoms with E-state index in [1.165, 1.54) is 0 Å². The Morgan fingerprint density at radius 3 is 2.77 bits per heavy atom. The third-order valence-corrected chi connectivity index (χ3v) is 5.11. The minimum absolute atomic E-state index is 0.0276. The fraction of sp³-hybridized carbons (Fsp3) is 0.533. The lowest BCUT2D eigenvalue weighted by atomic mass is 9.98. The van der Waals surface area contributed by atoms with Crippen LogP contribution in [0.4, 0.5) is 0 Å². The zero-order valence-electron chi connectivity index (χ0n) is 13.3. The summed E-state index contributed by atoms with van der Waals surface area (Å²) in [6, 6.07) is 0.112. The van der Waals surface area contributed by atoms with Crippen LogP contribution in [0.15, 0.2) is 10.9 Å². The van der Waals surface area contributed by atoms with Crippen molar-refractivity contribution in [3.05, 3.63) is 33.5 Å². The van der Waals surface area contributed by atoms with E-state index in [9.17, 15) is 4.79 Å². The molecule has 0 bridgehead atoms. The van der Waals surface area contributed by atoms with Crippen LogP contribution in [0.25, 0.3) is 0 Å². The van der Waals surface area contributed by atoms with Gasteiger partial charge in [0.2, 0.25) is 5.91 Å². The molecule has 7 heteroatoms. The molecule has 1 N–H and O–H groups in total. The SMILES string of the molecule is Cc1nn(C)c(C)c1[C@H]1[C@H](NCc2cscn2)CC(=O)N1C. The Morgan fingerprint density at radius 1 is 1.41 bits per heavy atom. The molecule has 0 unspecified atom stereocenters. The van der Waals surface area contributed by atoms with Crippen LogP contribution >= 0.6 is 11.3 Å². The topological polar surface area (TPSA) is 63.1 Å². The van der Waals surface area contributed by atoms with Crippen molar-refractivity contribution >= 4 is 17.2 Å². The molecule has 1 amide bonds. The number of hydrogen-bond acceptors (Lipinski definition) is 5. The van der Waals surface area contributed by atoms with Gasteiger partial charge in [-0.3, -0.25) is 9.48 Å². The number of carbonyl (C=O) groups excluding carboxylic acids is 1. The number of carbonyl (C=O) groups is 1. The molecular weight excluding hydrogens is 298 g/mol. The maximum atomic E-state index is 12.2. The third-order valence-electron chi connectivity index (χ3n) is 4.48. The summed E-state index contributed by atoms with van der Waals surface area (Å²) in [6.07, 6.45) is 0.513. The highest BCUT2D eigenvalue weighted by Gasteiger charge is 2.40. The lowest BCUT2D eigenvalue weighted by Crippen LogP contribution is -2.35. The largest absolute Gasteiger partial charge is 0.337 e. The third kappa shape index (κ3) is 2.55. The first-order valence-electron chi connectivity index (χ1n) is 7.35. The summed E-state index contributed by atoms with van der Waals surface area (Å²) in [4.78, 5) is 18.3. The molecule has 0 saturated carbocycles. The van der Waals surface area contributed by atoms with Gasteiger partial charge in [-0.1, -0.05) is 0 Å². The van der Waals surface area contributed by atoms with Crippen molar-refractivity contribution in [1.29, 1.82) is 0 Å². The molecule has 1 aliphatic rings. The van der Waals surface area contributed by atoms with Gasteiger partial charge in [-0.2, -0.15) is 5.10 Å². The number of rotatable bonds is 4. The van der Waals surface area contributed by atoms with Crippen LogP contribution in [0.3, 0.4) is 0 Å². The number of likely N-dealkylation sites (N-methyl/N-ethyl adjacent to an activating group) is 1. The van der Waals surface area contributed by atoms with Crippen LogP contribution in [0.5, 0.6) is 0 Å². The fourth-order valence-electron chi connectivity index (χ4n) is 3.23. The molecule has 2 atom stereocenters. The van der Waals surface area contributed by atoms with Gasteiger partial charge in [-0.15, -0.1) is 11.3 Å². The van der Waals surface area contributed by atoms with Gasteiger partial charge in [0.25, 0.3) is 0 Å². The van der Waals surface area contributed by atoms with Gasteiger partial charge in [0.1, 0.15) is 0 Å². The van der Waals surface area contributed by atoms with Crippen LogP contribution in [0, 0.1) is 13.8 Å². The first-order chi connectivity index (χ1) is 10.5. The number of aryl methyl sites for hydroxylation is 2. The highest BCUT2D eigenvalue weighted by molar-refractivity contribution is 7.07. The average Bonchev–Trinajstić information content (AvgIpc) is 3.14. The van der Waals surface area contributed by atoms with Gasteiger partial charge in [0.05, 0.1) is 22.9 Å². The number of hydrogen-bond donors (Lipinski definition) is 1. The second-order valence-electron chi connectivity index (χ2n) is 5.83. The Bertz CT molecular complexity index is 678. The van der Waals surface area contributed by atoms with Crippen LogP contribution in [-0.4, -0.2) is 38.7 Å². The van der Waals surface area contributed by atoms with Crippen molar-refractivity contribution in [2.45, 2.75) is 38.9 Å². The van der Waals surface area contributed by atoms with Crippen molar-refractivity contribution in [2.24, 2.45) is 7.05 Å². The normalized spacial score (nSPS) is 21.8. The fourth-order valence-corrected chi connectivity index (χ4v) is 3.78. The molecule has 3 rings (SSSR count). The van der Waals surface area contributed by atoms with Gasteiger partial charge in [-0.05, 0) is 13.8 Å². The van der Waals surface area contributed by atoms with E-state index in [1.54, 1.807) is 11.3 Å². The van der Waals surface area contributed by atoms with E-state index in [1.807, 2.05) is 41.5 Å². The number of nitrogens with zero attached hydrogens (tertiary/aromatic N) is 4. The number of likely N-dealkylation sites (tertiary alicyclic amines) is 1. The number of amides is 1. The monoisotopic (exact) mass is 319 g/mol. The molecule has 2 aromatic heterocycles. The Hall–Kier alpha value is -1.73. The van der Waals surface area contributed by atoms with Crippen LogP contribution < -0.4 is 5.32 Å². The van der Waals surface area contributed by atoms with Crippen molar-refractivity contribution in [3.63, 3.8) is 0 Å². The van der Waals surface area contributed by atoms with E-state index < -0.39 is 0 Å². The Balaban J connectivity index is 1.86. The summed E-state index contributed by atoms with van der Waals surface area (Å²) in [7, 11) is 3.82. The molecule has 0 aliphatic carbocycles. The van der Waals surface area contributed by atoms with E-state index in [0.717, 1.165) is 22.6 Å². The minimum atomic E-state index is 0.0276. The van der Waals surface area contributed by atoms with Crippen LogP contribution in [-0.2, 0) is 18.4 Å². The Labute approximate surface area is 134 Å². The number of nitrogens with one attached hydrogen (secondary N) is 1. The molecule has 3 heterocycles. The van der Waals surface area contributed by atoms with E-state index in [0.29, 0.717) is 13.0 Å². The van der Waals surface area contributed by atoms with Gasteiger partial charge >= 0.3 is 0 Å². The van der Waals surface area contributed by atoms with E-state index >= 15 is 0 Å². The molecule has 22 heavy (non-hydrogen) atoms. The number of aromatic nitrogens is 3. The highest BCUT2D eigenvalue weighted by atomic mass is 32.1. The van der Waals surface area contributed by atoms with Crippen molar-refractivity contribution in [3.8, 4) is 0 Å². The average molecular weight is 319 g/mol. The van der Waals surface area contributed by atoms with Gasteiger partial charge in [0.15, 0.2) is 0 Å². The molecule has 0 aromatic carbocycles. The van der Waals surface area contributed by atoms with E-state index in [2.05, 4.69) is 22.3 Å². The zero-order chi connectivity index (χ0) is 15.9. The first-order valence-corrected chi connectivity index (χ1v) is 8.29. The smallest absolute Gasteiger partial charge is 0.224 e. The van der Waals surface area contributed by atoms with Crippen molar-refractivity contribution in [1.82, 2.24) is 25.0 Å². The van der Waals surface area contributed by atoms with Gasteiger partial charge in [0, 0.05) is 49.7 Å². The summed E-state index contributed by atoms with van der Waals surface area (Å²) < 4.78 is 1.89. The molecule has 6 nitrogen and oxygen atoms in total. The first kappa shape index (κ1) is 15.2. The molecular formula is C15H21N5OS. The molecule has 0 spiro atoms. The molecule has 1 saturated heterocycles. The molecule has 1 fully saturated rings. The predicted molar refractivity (Wildman–Crippen MR) is 85.6 cm³/mol. The number of thiazole rings is 1. The molecule has 0 radical (unpaired) electrons. The standard InChI is InChI=1S/C15H21N5OS/c1-9-14(10(2)20(4)18-9)15-12(5-13(21)19(15)3)16-6-11-7-22-8-17-11/h7-8,12,15-16H,5-6H2,1-4H3/t12-,15-/m1/s1. The van der Waals surface area contributed by atoms with E-state index in [-0.39, 0.29) is 18.0 Å². The maximum absolute atomic E-state index is 12.2. The Morgan fingerprint density at radius 2 is 2.18 bits per heavy atom. The second kappa shape index (κ2) is 5.81. The van der Waals surface area contributed by atoms with Crippen molar-refractivity contribution in [2.75, 3.05) is 7.05 Å². The van der Waals surface area contributed by atoms with Crippen molar-refractivity contribution < 1.29 is 4.79 Å². The maximum Gasteiger partial charge on any atom is 0.224 e. The molecule has 2 aromatic rings. The summed E-state index contributed by atoms with van der Waals surface area (Å²) in [5.74, 6) is 0.170. The summed E-state index contributed by atoms with van der Waals surface area (Å²) in [5, 5.41) is 10.0. The molecule has 118 valence electrons. The summed E-state index contributed by atoms with van der Waals surface area (Å²) in [6.45, 7) is 4.75. The highest BCUT2D eigenvalue weighted by Crippen LogP contribution is 2.35. The summed E-state index contributed by atoms with van der Waals surface area (Å²) in [5.41, 5.74) is 6.11. The summed E-state index contributed by atoms with van der Waals surface area (Å²) >= 11 is 1.59. The Kier molecular flexibility index (Phi) is 4.01. The van der Waals surface area contributed by atoms with Crippen LogP contribution in [0.1, 0.15) is 35.1 Å². The van der Waals surface area contributed by atoms with Gasteiger partial charge < -0.3 is 10.2 Å². The second-order valence-corrected chi connectivity index (χ2v) is 6.55. The van der Waals surface area contributed by atoms with Crippen LogP contribution in [0.2, 0.25) is 0 Å².